The van der Waals surface area contributed by atoms with Crippen LogP contribution in [0, 0.1) is 0 Å². The zero-order valence-corrected chi connectivity index (χ0v) is 24.6. The highest BCUT2D eigenvalue weighted by atomic mass is 79.9. The fourth-order valence-corrected chi connectivity index (χ4v) is 11.5. The minimum atomic E-state index is -0.650. The molecule has 0 nitrogen and oxygen atoms in total. The van der Waals surface area contributed by atoms with Crippen molar-refractivity contribution in [1.29, 1.82) is 0 Å². The Bertz CT molecular complexity index is 659. The van der Waals surface area contributed by atoms with Crippen molar-refractivity contribution in [2.24, 2.45) is 0 Å². The Balaban J connectivity index is 2.77. The Morgan fingerprint density at radius 2 is 1.18 bits per heavy atom. The second-order valence-electron chi connectivity index (χ2n) is 4.43. The van der Waals surface area contributed by atoms with Crippen molar-refractivity contribution in [2.75, 3.05) is 0 Å². The smallest absolute Gasteiger partial charge is 0.0737 e. The summed E-state index contributed by atoms with van der Waals surface area (Å²) in [6, 6.07) is 10.1. The molecular weight excluding hydrogens is 875 g/mol. The highest BCUT2D eigenvalue weighted by molar-refractivity contribution is 9.29. The third-order valence-electron chi connectivity index (χ3n) is 3.16. The SMILES string of the molecule is BrC1=C(Br)C(Br)(Br)C(Br)(C(Br)(Br)c2ccccc2)C(Br)=C1Br. The van der Waals surface area contributed by atoms with Crippen LogP contribution in [0.3, 0.4) is 0 Å². The van der Waals surface area contributed by atoms with E-state index in [1.165, 1.54) is 0 Å². The quantitative estimate of drug-likeness (QED) is 0.260. The summed E-state index contributed by atoms with van der Waals surface area (Å²) in [4.78, 5) is 0. The van der Waals surface area contributed by atoms with E-state index in [1.807, 2.05) is 18.2 Å². The molecule has 1 aromatic rings. The zero-order valence-electron chi connectivity index (χ0n) is 10.3. The number of allylic oxidation sites excluding steroid dienone is 4. The van der Waals surface area contributed by atoms with Crippen molar-refractivity contribution in [3.8, 4) is 0 Å². The van der Waals surface area contributed by atoms with Crippen molar-refractivity contribution in [1.82, 2.24) is 0 Å². The maximum absolute atomic E-state index is 3.94. The van der Waals surface area contributed by atoms with Gasteiger partial charge in [0.25, 0.3) is 0 Å². The largest absolute Gasteiger partial charge is 0.135 e. The molecule has 1 aliphatic carbocycles. The first-order valence-electron chi connectivity index (χ1n) is 5.61. The van der Waals surface area contributed by atoms with Crippen LogP contribution in [0.1, 0.15) is 5.56 Å². The molecule has 0 fully saturated rings. The average molecular weight is 880 g/mol. The number of rotatable bonds is 2. The van der Waals surface area contributed by atoms with E-state index in [0.29, 0.717) is 0 Å². The van der Waals surface area contributed by atoms with Crippen LogP contribution < -0.4 is 0 Å². The molecule has 0 bridgehead atoms. The fourth-order valence-electron chi connectivity index (χ4n) is 1.95. The Morgan fingerprint density at radius 3 is 1.68 bits per heavy atom. The van der Waals surface area contributed by atoms with Gasteiger partial charge in [0, 0.05) is 17.9 Å². The van der Waals surface area contributed by atoms with Gasteiger partial charge in [-0.25, -0.2) is 0 Å². The van der Waals surface area contributed by atoms with Gasteiger partial charge in [-0.15, -0.1) is 0 Å². The van der Waals surface area contributed by atoms with Gasteiger partial charge in [-0.1, -0.05) is 142 Å². The summed E-state index contributed by atoms with van der Waals surface area (Å²) < 4.78 is 1.74. The second kappa shape index (κ2) is 7.56. The van der Waals surface area contributed by atoms with Crippen LogP contribution in [0.5, 0.6) is 0 Å². The molecule has 0 radical (unpaired) electrons. The maximum atomic E-state index is 3.94. The topological polar surface area (TPSA) is 0 Å². The predicted molar refractivity (Wildman–Crippen MR) is 128 cm³/mol. The molecule has 1 atom stereocenters. The van der Waals surface area contributed by atoms with Gasteiger partial charge in [0.1, 0.15) is 10.8 Å². The molecule has 120 valence electrons. The van der Waals surface area contributed by atoms with E-state index < -0.39 is 10.8 Å². The molecule has 0 amide bonds. The number of hydrogen-bond acceptors (Lipinski definition) is 0. The highest BCUT2D eigenvalue weighted by Gasteiger charge is 2.65. The van der Waals surface area contributed by atoms with Crippen molar-refractivity contribution in [2.45, 2.75) is 10.8 Å². The van der Waals surface area contributed by atoms with Gasteiger partial charge >= 0.3 is 0 Å². The van der Waals surface area contributed by atoms with Gasteiger partial charge in [0.05, 0.1) is 0 Å². The minimum Gasteiger partial charge on any atom is -0.0737 e. The first-order chi connectivity index (χ1) is 9.99. The van der Waals surface area contributed by atoms with Crippen LogP contribution in [0.2, 0.25) is 0 Å². The molecule has 9 heteroatoms. The standard InChI is InChI=1S/C13H5Br9/c14-7-8(15)10(17)13(21,22)11(18,9(7)16)12(19,20)6-4-2-1-3-5-6/h1-5H. The van der Waals surface area contributed by atoms with E-state index in [1.54, 1.807) is 0 Å². The van der Waals surface area contributed by atoms with Gasteiger partial charge in [-0.3, -0.25) is 0 Å². The van der Waals surface area contributed by atoms with E-state index in [2.05, 4.69) is 156 Å². The summed E-state index contributed by atoms with van der Waals surface area (Å²) in [5, 5.41) is 0. The summed E-state index contributed by atoms with van der Waals surface area (Å²) in [5.74, 6) is 0. The molecule has 0 spiro atoms. The monoisotopic (exact) mass is 871 g/mol. The fraction of sp³-hybridized carbons (Fsp3) is 0.231. The van der Waals surface area contributed by atoms with Gasteiger partial charge in [-0.2, -0.15) is 0 Å². The molecule has 0 heterocycles. The third kappa shape index (κ3) is 3.20. The molecular formula is C13H5Br9. The Morgan fingerprint density at radius 1 is 0.727 bits per heavy atom. The van der Waals surface area contributed by atoms with Crippen molar-refractivity contribution < 1.29 is 0 Å². The molecule has 2 rings (SSSR count). The lowest BCUT2D eigenvalue weighted by atomic mass is 9.92. The summed E-state index contributed by atoms with van der Waals surface area (Å²) in [6.45, 7) is 0. The van der Waals surface area contributed by atoms with Crippen molar-refractivity contribution >= 4 is 143 Å². The lowest BCUT2D eigenvalue weighted by Crippen LogP contribution is -2.53. The van der Waals surface area contributed by atoms with Gasteiger partial charge in [-0.05, 0) is 37.4 Å². The molecule has 0 aromatic heterocycles. The highest BCUT2D eigenvalue weighted by Crippen LogP contribution is 2.71. The summed E-state index contributed by atoms with van der Waals surface area (Å²) >= 11 is 33.9. The number of hydrogen-bond donors (Lipinski definition) is 0. The van der Waals surface area contributed by atoms with E-state index in [9.17, 15) is 0 Å². The first kappa shape index (κ1) is 21.3. The van der Waals surface area contributed by atoms with Gasteiger partial charge < -0.3 is 0 Å². The van der Waals surface area contributed by atoms with Crippen molar-refractivity contribution in [3.63, 3.8) is 0 Å². The molecule has 0 aliphatic heterocycles. The maximum Gasteiger partial charge on any atom is 0.135 e. The molecule has 0 saturated carbocycles. The van der Waals surface area contributed by atoms with Crippen molar-refractivity contribution in [3.05, 3.63) is 53.8 Å². The van der Waals surface area contributed by atoms with E-state index in [4.69, 9.17) is 0 Å². The van der Waals surface area contributed by atoms with E-state index in [-0.39, 0.29) is 0 Å². The third-order valence-corrected chi connectivity index (χ3v) is 17.7. The molecule has 1 unspecified atom stereocenters. The second-order valence-corrected chi connectivity index (χ2v) is 15.7. The van der Waals surface area contributed by atoms with Crippen LogP contribution in [-0.2, 0) is 3.23 Å². The lowest BCUT2D eigenvalue weighted by Gasteiger charge is -2.50. The molecule has 0 saturated heterocycles. The molecule has 1 aliphatic rings. The first-order valence-corrected chi connectivity index (χ1v) is 12.7. The van der Waals surface area contributed by atoms with Crippen LogP contribution in [-0.4, -0.2) is 7.56 Å². The molecule has 22 heavy (non-hydrogen) atoms. The number of halogens is 9. The Labute approximate surface area is 204 Å². The lowest BCUT2D eigenvalue weighted by molar-refractivity contribution is 0.672. The average Bonchev–Trinajstić information content (AvgIpc) is 2.50. The Hall–Kier alpha value is 3.02. The van der Waals surface area contributed by atoms with Crippen LogP contribution in [0.25, 0.3) is 0 Å². The van der Waals surface area contributed by atoms with Crippen LogP contribution >= 0.6 is 143 Å². The van der Waals surface area contributed by atoms with Gasteiger partial charge in [0.15, 0.2) is 0 Å². The van der Waals surface area contributed by atoms with E-state index in [0.717, 1.165) is 23.5 Å². The van der Waals surface area contributed by atoms with Crippen LogP contribution in [0.4, 0.5) is 0 Å². The van der Waals surface area contributed by atoms with Gasteiger partial charge in [0.2, 0.25) is 0 Å². The summed E-state index contributed by atoms with van der Waals surface area (Å²) in [7, 11) is 0. The molecule has 1 aromatic carbocycles. The summed E-state index contributed by atoms with van der Waals surface area (Å²) in [6.07, 6.45) is 0. The molecule has 0 N–H and O–H groups in total. The van der Waals surface area contributed by atoms with Crippen LogP contribution in [0.15, 0.2) is 48.3 Å². The Kier molecular flexibility index (Phi) is 7.33. The number of benzene rings is 1. The van der Waals surface area contributed by atoms with E-state index >= 15 is 0 Å². The minimum absolute atomic E-state index is 0.619. The zero-order chi connectivity index (χ0) is 16.9. The summed E-state index contributed by atoms with van der Waals surface area (Å²) in [5.41, 5.74) is 1.06. The predicted octanol–water partition coefficient (Wildman–Crippen LogP) is 9.27. The normalized spacial score (nSPS) is 25.7. The number of alkyl halides is 5.